The smallest absolute Gasteiger partial charge is 0.0543 e. The third-order valence-corrected chi connectivity index (χ3v) is 16.5. The zero-order valence-electron chi connectivity index (χ0n) is 46.8. The van der Waals surface area contributed by atoms with E-state index in [-0.39, 0.29) is 11.8 Å². The SMILES string of the molecule is Cc1ccc(-c2c(C)cccc2C)cc1N(c1ccccc1-c1ccccc1)c1cc(C(C)C)c2ccc3c(N(c4cc(-c5c(C)cccc5C)ccc4C)c4ccccc4-c4ccccc4)cc(C(C)C)c4ccc1c2c43. The molecule has 0 aromatic heterocycles. The molecule has 0 spiro atoms. The van der Waals surface area contributed by atoms with Gasteiger partial charge in [-0.05, 0) is 189 Å². The minimum Gasteiger partial charge on any atom is -0.309 e. The first-order chi connectivity index (χ1) is 37.9. The van der Waals surface area contributed by atoms with Gasteiger partial charge in [-0.25, -0.2) is 0 Å². The van der Waals surface area contributed by atoms with Crippen molar-refractivity contribution in [1.82, 2.24) is 0 Å². The average molecular weight is 1010 g/mol. The third-order valence-electron chi connectivity index (χ3n) is 16.5. The van der Waals surface area contributed by atoms with Crippen LogP contribution in [0.1, 0.15) is 84.0 Å². The van der Waals surface area contributed by atoms with Crippen molar-refractivity contribution in [3.8, 4) is 44.5 Å². The van der Waals surface area contributed by atoms with Gasteiger partial charge < -0.3 is 9.80 Å². The van der Waals surface area contributed by atoms with Crippen molar-refractivity contribution in [1.29, 1.82) is 0 Å². The van der Waals surface area contributed by atoms with Crippen LogP contribution < -0.4 is 9.80 Å². The van der Waals surface area contributed by atoms with Crippen molar-refractivity contribution in [3.63, 3.8) is 0 Å². The molecule has 0 aliphatic heterocycles. The summed E-state index contributed by atoms with van der Waals surface area (Å²) < 4.78 is 0. The molecule has 0 saturated heterocycles. The van der Waals surface area contributed by atoms with Crippen molar-refractivity contribution in [3.05, 3.63) is 263 Å². The van der Waals surface area contributed by atoms with Gasteiger partial charge in [0, 0.05) is 33.3 Å². The summed E-state index contributed by atoms with van der Waals surface area (Å²) in [4.78, 5) is 5.20. The summed E-state index contributed by atoms with van der Waals surface area (Å²) in [5, 5.41) is 7.66. The second kappa shape index (κ2) is 20.3. The molecule has 0 aliphatic carbocycles. The quantitative estimate of drug-likeness (QED) is 0.113. The van der Waals surface area contributed by atoms with Crippen molar-refractivity contribution in [2.45, 2.75) is 81.1 Å². The van der Waals surface area contributed by atoms with Crippen molar-refractivity contribution < 1.29 is 0 Å². The molecular formula is C76H68N2. The lowest BCUT2D eigenvalue weighted by atomic mass is 9.83. The minimum absolute atomic E-state index is 0.232. The van der Waals surface area contributed by atoms with Gasteiger partial charge in [0.2, 0.25) is 0 Å². The molecule has 0 heterocycles. The van der Waals surface area contributed by atoms with E-state index in [2.05, 4.69) is 297 Å². The molecular weight excluding hydrogens is 941 g/mol. The molecule has 382 valence electrons. The summed E-state index contributed by atoms with van der Waals surface area (Å²) in [5.74, 6) is 0.463. The molecule has 0 radical (unpaired) electrons. The maximum absolute atomic E-state index is 2.60. The highest BCUT2D eigenvalue weighted by atomic mass is 15.2. The summed E-state index contributed by atoms with van der Waals surface area (Å²) in [6.45, 7) is 23.0. The van der Waals surface area contributed by atoms with Crippen molar-refractivity contribution in [2.75, 3.05) is 9.80 Å². The van der Waals surface area contributed by atoms with Gasteiger partial charge >= 0.3 is 0 Å². The van der Waals surface area contributed by atoms with Gasteiger partial charge in [0.1, 0.15) is 0 Å². The predicted molar refractivity (Wildman–Crippen MR) is 338 cm³/mol. The van der Waals surface area contributed by atoms with Crippen LogP contribution in [0.4, 0.5) is 34.1 Å². The highest BCUT2D eigenvalue weighted by Crippen LogP contribution is 2.54. The molecule has 0 unspecified atom stereocenters. The van der Waals surface area contributed by atoms with Crippen LogP contribution in [0, 0.1) is 41.5 Å². The van der Waals surface area contributed by atoms with E-state index in [4.69, 9.17) is 0 Å². The maximum atomic E-state index is 2.60. The summed E-state index contributed by atoms with van der Waals surface area (Å²) >= 11 is 0. The number of hydrogen-bond donors (Lipinski definition) is 0. The summed E-state index contributed by atoms with van der Waals surface area (Å²) in [6, 6.07) is 82.2. The minimum atomic E-state index is 0.232. The normalized spacial score (nSPS) is 11.7. The van der Waals surface area contributed by atoms with Crippen LogP contribution in [0.25, 0.3) is 76.8 Å². The van der Waals surface area contributed by atoms with E-state index in [1.807, 2.05) is 0 Å². The summed E-state index contributed by atoms with van der Waals surface area (Å²) in [6.07, 6.45) is 0. The Morgan fingerprint density at radius 1 is 0.256 bits per heavy atom. The zero-order chi connectivity index (χ0) is 53.9. The molecule has 12 aromatic rings. The first-order valence-electron chi connectivity index (χ1n) is 27.9. The Hall–Kier alpha value is -8.72. The highest BCUT2D eigenvalue weighted by Gasteiger charge is 2.29. The van der Waals surface area contributed by atoms with Crippen molar-refractivity contribution >= 4 is 66.4 Å². The molecule has 2 nitrogen and oxygen atoms in total. The molecule has 12 aromatic carbocycles. The Morgan fingerprint density at radius 2 is 0.603 bits per heavy atom. The molecule has 0 saturated carbocycles. The van der Waals surface area contributed by atoms with E-state index in [9.17, 15) is 0 Å². The fraction of sp³-hybridized carbons (Fsp3) is 0.158. The number of nitrogens with zero attached hydrogens (tertiary/aromatic N) is 2. The van der Waals surface area contributed by atoms with Gasteiger partial charge in [0.25, 0.3) is 0 Å². The lowest BCUT2D eigenvalue weighted by Crippen LogP contribution is -2.15. The van der Waals surface area contributed by atoms with Crippen LogP contribution in [0.15, 0.2) is 218 Å². The Labute approximate surface area is 462 Å². The largest absolute Gasteiger partial charge is 0.309 e. The van der Waals surface area contributed by atoms with Crippen LogP contribution in [0.5, 0.6) is 0 Å². The van der Waals surface area contributed by atoms with Gasteiger partial charge in [-0.3, -0.25) is 0 Å². The van der Waals surface area contributed by atoms with Gasteiger partial charge in [0.15, 0.2) is 0 Å². The average Bonchev–Trinajstić information content (AvgIpc) is 3.65. The Kier molecular flexibility index (Phi) is 13.1. The first-order valence-corrected chi connectivity index (χ1v) is 27.9. The molecule has 0 N–H and O–H groups in total. The van der Waals surface area contributed by atoms with E-state index in [0.717, 1.165) is 22.7 Å². The molecule has 0 aliphatic rings. The van der Waals surface area contributed by atoms with Crippen LogP contribution in [-0.2, 0) is 0 Å². The number of hydrogen-bond acceptors (Lipinski definition) is 2. The van der Waals surface area contributed by atoms with Crippen LogP contribution in [0.3, 0.4) is 0 Å². The van der Waals surface area contributed by atoms with E-state index in [1.54, 1.807) is 0 Å². The van der Waals surface area contributed by atoms with E-state index in [0.29, 0.717) is 0 Å². The number of rotatable bonds is 12. The molecule has 0 atom stereocenters. The van der Waals surface area contributed by atoms with Crippen LogP contribution in [-0.4, -0.2) is 0 Å². The molecule has 0 bridgehead atoms. The lowest BCUT2D eigenvalue weighted by Gasteiger charge is -2.34. The molecule has 12 rings (SSSR count). The third kappa shape index (κ3) is 8.61. The number of anilines is 6. The fourth-order valence-corrected chi connectivity index (χ4v) is 12.7. The van der Waals surface area contributed by atoms with Crippen LogP contribution >= 0.6 is 0 Å². The van der Waals surface area contributed by atoms with E-state index in [1.165, 1.54) is 133 Å². The summed E-state index contributed by atoms with van der Waals surface area (Å²) in [5.41, 5.74) is 26.9. The standard InChI is InChI=1S/C76H68N2/c1-47(2)65-45-71(77(67-33-19-17-31-59(67)55-27-13-11-14-28-55)69-43-57(37-35-49(69)5)73-51(7)23-21-24-52(73)8)63-42-40-62-66(48(3)4)46-72(64-41-39-61(65)75(63)76(62)64)78(68-34-20-18-32-60(68)56-29-15-12-16-30-56)70-44-58(38-36-50(70)6)74-53(9)25-22-26-54(74)10/h11-48H,1-10H3. The molecule has 2 heteroatoms. The Morgan fingerprint density at radius 3 is 0.974 bits per heavy atom. The second-order valence-corrected chi connectivity index (χ2v) is 22.3. The molecule has 0 fully saturated rings. The second-order valence-electron chi connectivity index (χ2n) is 22.3. The van der Waals surface area contributed by atoms with E-state index >= 15 is 0 Å². The first kappa shape index (κ1) is 50.1. The highest BCUT2D eigenvalue weighted by molar-refractivity contribution is 6.29. The van der Waals surface area contributed by atoms with E-state index < -0.39 is 0 Å². The van der Waals surface area contributed by atoms with Gasteiger partial charge in [-0.1, -0.05) is 210 Å². The molecule has 0 amide bonds. The van der Waals surface area contributed by atoms with Gasteiger partial charge in [-0.2, -0.15) is 0 Å². The summed E-state index contributed by atoms with van der Waals surface area (Å²) in [7, 11) is 0. The Balaban J connectivity index is 1.21. The fourth-order valence-electron chi connectivity index (χ4n) is 12.7. The number of aryl methyl sites for hydroxylation is 6. The maximum Gasteiger partial charge on any atom is 0.0543 e. The van der Waals surface area contributed by atoms with Gasteiger partial charge in [-0.15, -0.1) is 0 Å². The number of para-hydroxylation sites is 2. The lowest BCUT2D eigenvalue weighted by molar-refractivity contribution is 0.875. The van der Waals surface area contributed by atoms with Crippen molar-refractivity contribution in [2.24, 2.45) is 0 Å². The number of benzene rings is 12. The zero-order valence-corrected chi connectivity index (χ0v) is 46.8. The Bertz CT molecular complexity index is 3900. The van der Waals surface area contributed by atoms with Crippen LogP contribution in [0.2, 0.25) is 0 Å². The topological polar surface area (TPSA) is 6.48 Å². The molecule has 78 heavy (non-hydrogen) atoms. The monoisotopic (exact) mass is 1010 g/mol. The van der Waals surface area contributed by atoms with Gasteiger partial charge in [0.05, 0.1) is 22.7 Å². The predicted octanol–water partition coefficient (Wildman–Crippen LogP) is 22.3.